The fraction of sp³-hybridized carbons (Fsp3) is 0.600. The van der Waals surface area contributed by atoms with Crippen LogP contribution in [-0.2, 0) is 6.42 Å². The highest BCUT2D eigenvalue weighted by Crippen LogP contribution is 2.36. The van der Waals surface area contributed by atoms with E-state index in [2.05, 4.69) is 34.0 Å². The highest BCUT2D eigenvalue weighted by Gasteiger charge is 2.21. The first-order valence-electron chi connectivity index (χ1n) is 4.88. The molecule has 0 saturated heterocycles. The minimum atomic E-state index is -0.271. The molecule has 0 aromatic carbocycles. The molecule has 0 radical (unpaired) electrons. The van der Waals surface area contributed by atoms with E-state index in [1.54, 1.807) is 0 Å². The molecule has 0 bridgehead atoms. The Morgan fingerprint density at radius 1 is 1.64 bits per heavy atom. The summed E-state index contributed by atoms with van der Waals surface area (Å²) in [5, 5.41) is 3.27. The van der Waals surface area contributed by atoms with Crippen LogP contribution < -0.4 is 5.32 Å². The summed E-state index contributed by atoms with van der Waals surface area (Å²) in [6, 6.07) is 2.64. The van der Waals surface area contributed by atoms with Crippen LogP contribution in [0, 0.1) is 2.88 Å². The van der Waals surface area contributed by atoms with Gasteiger partial charge in [-0.15, -0.1) is 11.3 Å². The molecule has 78 valence electrons. The number of hydrogen-bond donors (Lipinski definition) is 1. The van der Waals surface area contributed by atoms with Crippen molar-refractivity contribution in [1.29, 1.82) is 0 Å². The zero-order valence-corrected chi connectivity index (χ0v) is 10.8. The predicted molar refractivity (Wildman–Crippen MR) is 66.7 cm³/mol. The second-order valence-electron chi connectivity index (χ2n) is 3.52. The molecule has 1 aliphatic rings. The third-order valence-electron chi connectivity index (χ3n) is 2.57. The molecule has 0 fully saturated rings. The van der Waals surface area contributed by atoms with Crippen LogP contribution in [0.1, 0.15) is 29.3 Å². The number of thiophene rings is 1. The van der Waals surface area contributed by atoms with E-state index in [1.165, 1.54) is 26.2 Å². The van der Waals surface area contributed by atoms with Gasteiger partial charge in [0.1, 0.15) is 6.67 Å². The third kappa shape index (κ3) is 2.28. The van der Waals surface area contributed by atoms with Crippen molar-refractivity contribution in [3.63, 3.8) is 0 Å². The highest BCUT2D eigenvalue weighted by atomic mass is 127. The van der Waals surface area contributed by atoms with Crippen molar-refractivity contribution in [3.8, 4) is 0 Å². The van der Waals surface area contributed by atoms with Crippen molar-refractivity contribution < 1.29 is 4.39 Å². The van der Waals surface area contributed by atoms with E-state index in [4.69, 9.17) is 0 Å². The van der Waals surface area contributed by atoms with Crippen LogP contribution in [0.4, 0.5) is 4.39 Å². The molecule has 0 saturated carbocycles. The normalized spacial score (nSPS) is 20.9. The summed E-state index contributed by atoms with van der Waals surface area (Å²) in [6.07, 6.45) is 3.59. The molecule has 1 unspecified atom stereocenters. The zero-order chi connectivity index (χ0) is 9.97. The molecule has 0 amide bonds. The van der Waals surface area contributed by atoms with Gasteiger partial charge in [-0.1, -0.05) is 0 Å². The van der Waals surface area contributed by atoms with Gasteiger partial charge in [-0.3, -0.25) is 0 Å². The van der Waals surface area contributed by atoms with Gasteiger partial charge in [-0.2, -0.15) is 0 Å². The van der Waals surface area contributed by atoms with Crippen LogP contribution >= 0.6 is 33.9 Å². The van der Waals surface area contributed by atoms with Crippen LogP contribution in [-0.4, -0.2) is 13.2 Å². The van der Waals surface area contributed by atoms with Gasteiger partial charge >= 0.3 is 0 Å². The van der Waals surface area contributed by atoms with E-state index in [9.17, 15) is 4.39 Å². The molecule has 1 aromatic heterocycles. The van der Waals surface area contributed by atoms with Gasteiger partial charge in [-0.25, -0.2) is 4.39 Å². The maximum atomic E-state index is 12.1. The minimum Gasteiger partial charge on any atom is -0.307 e. The predicted octanol–water partition coefficient (Wildman–Crippen LogP) is 3.29. The van der Waals surface area contributed by atoms with Crippen LogP contribution in [0.15, 0.2) is 6.07 Å². The molecule has 1 aromatic rings. The smallest absolute Gasteiger partial charge is 0.102 e. The van der Waals surface area contributed by atoms with Crippen molar-refractivity contribution in [2.75, 3.05) is 13.2 Å². The topological polar surface area (TPSA) is 12.0 Å². The molecule has 14 heavy (non-hydrogen) atoms. The summed E-state index contributed by atoms with van der Waals surface area (Å²) in [4.78, 5) is 1.50. The van der Waals surface area contributed by atoms with Gasteiger partial charge in [0.25, 0.3) is 0 Å². The fourth-order valence-corrected chi connectivity index (χ4v) is 4.08. The monoisotopic (exact) mass is 325 g/mol. The lowest BCUT2D eigenvalue weighted by Crippen LogP contribution is -2.26. The van der Waals surface area contributed by atoms with Gasteiger partial charge < -0.3 is 5.32 Å². The Bertz CT molecular complexity index is 313. The Labute approximate surface area is 101 Å². The fourth-order valence-electron chi connectivity index (χ4n) is 1.96. The first kappa shape index (κ1) is 10.8. The van der Waals surface area contributed by atoms with Gasteiger partial charge in [0.05, 0.1) is 2.88 Å². The molecule has 1 atom stereocenters. The SMILES string of the molecule is FCCNC1CCCc2sc(I)cc21. The number of aryl methyl sites for hydroxylation is 1. The van der Waals surface area contributed by atoms with Crippen LogP contribution in [0.5, 0.6) is 0 Å². The van der Waals surface area contributed by atoms with Crippen molar-refractivity contribution in [2.24, 2.45) is 0 Å². The first-order chi connectivity index (χ1) is 6.81. The molecule has 1 N–H and O–H groups in total. The average Bonchev–Trinajstić information content (AvgIpc) is 2.55. The Hall–Kier alpha value is 0.320. The maximum Gasteiger partial charge on any atom is 0.102 e. The number of nitrogens with one attached hydrogen (secondary N) is 1. The largest absolute Gasteiger partial charge is 0.307 e. The molecule has 1 aliphatic carbocycles. The second-order valence-corrected chi connectivity index (χ2v) is 6.55. The minimum absolute atomic E-state index is 0.271. The molecule has 0 spiro atoms. The number of hydrogen-bond acceptors (Lipinski definition) is 2. The third-order valence-corrected chi connectivity index (χ3v) is 4.54. The highest BCUT2D eigenvalue weighted by molar-refractivity contribution is 14.1. The molecule has 0 aliphatic heterocycles. The molecule has 1 heterocycles. The van der Waals surface area contributed by atoms with Crippen LogP contribution in [0.25, 0.3) is 0 Å². The van der Waals surface area contributed by atoms with E-state index in [1.807, 2.05) is 11.3 Å². The summed E-state index contributed by atoms with van der Waals surface area (Å²) in [5.74, 6) is 0. The Morgan fingerprint density at radius 3 is 3.29 bits per heavy atom. The van der Waals surface area contributed by atoms with E-state index in [-0.39, 0.29) is 6.67 Å². The summed E-state index contributed by atoms with van der Waals surface area (Å²) < 4.78 is 13.4. The van der Waals surface area contributed by atoms with E-state index >= 15 is 0 Å². The van der Waals surface area contributed by atoms with Crippen molar-refractivity contribution in [3.05, 3.63) is 19.4 Å². The number of fused-ring (bicyclic) bond motifs is 1. The van der Waals surface area contributed by atoms with Gasteiger partial charge in [0.2, 0.25) is 0 Å². The molecule has 1 nitrogen and oxygen atoms in total. The van der Waals surface area contributed by atoms with E-state index in [0.29, 0.717) is 12.6 Å². The van der Waals surface area contributed by atoms with Crippen molar-refractivity contribution in [2.45, 2.75) is 25.3 Å². The van der Waals surface area contributed by atoms with Gasteiger partial charge in [0, 0.05) is 17.5 Å². The second kappa shape index (κ2) is 4.90. The van der Waals surface area contributed by atoms with E-state index in [0.717, 1.165) is 6.42 Å². The number of rotatable bonds is 3. The van der Waals surface area contributed by atoms with Crippen LogP contribution in [0.3, 0.4) is 0 Å². The van der Waals surface area contributed by atoms with Gasteiger partial charge in [0.15, 0.2) is 0 Å². The molecular formula is C10H13FINS. The van der Waals surface area contributed by atoms with E-state index < -0.39 is 0 Å². The Kier molecular flexibility index (Phi) is 3.79. The Morgan fingerprint density at radius 2 is 2.50 bits per heavy atom. The molecule has 2 rings (SSSR count). The van der Waals surface area contributed by atoms with Crippen molar-refractivity contribution in [1.82, 2.24) is 5.32 Å². The first-order valence-corrected chi connectivity index (χ1v) is 6.78. The lowest BCUT2D eigenvalue weighted by Gasteiger charge is -2.23. The lowest BCUT2D eigenvalue weighted by atomic mass is 9.94. The summed E-state index contributed by atoms with van der Waals surface area (Å²) in [5.41, 5.74) is 1.42. The quantitative estimate of drug-likeness (QED) is 0.841. The zero-order valence-electron chi connectivity index (χ0n) is 7.85. The van der Waals surface area contributed by atoms with Crippen LogP contribution in [0.2, 0.25) is 0 Å². The maximum absolute atomic E-state index is 12.1. The number of halogens is 2. The Balaban J connectivity index is 2.13. The number of alkyl halides is 1. The average molecular weight is 325 g/mol. The summed E-state index contributed by atoms with van der Waals surface area (Å²) >= 11 is 4.25. The molecule has 4 heteroatoms. The summed E-state index contributed by atoms with van der Waals surface area (Å²) in [7, 11) is 0. The van der Waals surface area contributed by atoms with Gasteiger partial charge in [-0.05, 0) is 53.5 Å². The van der Waals surface area contributed by atoms with Crippen molar-refractivity contribution >= 4 is 33.9 Å². The summed E-state index contributed by atoms with van der Waals surface area (Å²) in [6.45, 7) is 0.212. The standard InChI is InChI=1S/C10H13FINS/c11-4-5-13-8-2-1-3-9-7(8)6-10(12)14-9/h6,8,13H,1-5H2. The lowest BCUT2D eigenvalue weighted by molar-refractivity contribution is 0.409. The molecular weight excluding hydrogens is 312 g/mol.